The predicted molar refractivity (Wildman–Crippen MR) is 67.4 cm³/mol. The highest BCUT2D eigenvalue weighted by Gasteiger charge is 2.10. The minimum atomic E-state index is -0.295. The number of aromatic hydroxyl groups is 1. The van der Waals surface area contributed by atoms with Gasteiger partial charge in [0.05, 0.1) is 6.20 Å². The highest BCUT2D eigenvalue weighted by molar-refractivity contribution is 5.19. The van der Waals surface area contributed by atoms with Crippen molar-refractivity contribution in [1.82, 2.24) is 9.47 Å². The van der Waals surface area contributed by atoms with E-state index in [0.717, 1.165) is 18.8 Å². The molecule has 1 fully saturated rings. The van der Waals surface area contributed by atoms with E-state index in [1.807, 2.05) is 11.5 Å². The molecule has 1 aliphatic heterocycles. The fourth-order valence-corrected chi connectivity index (χ4v) is 2.33. The number of piperidine rings is 1. The van der Waals surface area contributed by atoms with Crippen molar-refractivity contribution in [2.45, 2.75) is 32.7 Å². The molecule has 0 bridgehead atoms. The summed E-state index contributed by atoms with van der Waals surface area (Å²) in [5.41, 5.74) is 0.613. The molecular weight excluding hydrogens is 216 g/mol. The minimum Gasteiger partial charge on any atom is -0.503 e. The summed E-state index contributed by atoms with van der Waals surface area (Å²) in [5.74, 6) is -0.158. The number of aromatic nitrogens is 1. The lowest BCUT2D eigenvalue weighted by molar-refractivity contribution is 0.220. The van der Waals surface area contributed by atoms with Gasteiger partial charge in [0.1, 0.15) is 0 Å². The Bertz CT molecular complexity index is 434. The molecule has 1 N–H and O–H groups in total. The number of hydrogen-bond donors (Lipinski definition) is 1. The Kier molecular flexibility index (Phi) is 3.84. The van der Waals surface area contributed by atoms with Gasteiger partial charge in [-0.15, -0.1) is 0 Å². The van der Waals surface area contributed by atoms with E-state index in [1.165, 1.54) is 38.4 Å². The highest BCUT2D eigenvalue weighted by Crippen LogP contribution is 2.09. The molecule has 4 heteroatoms. The van der Waals surface area contributed by atoms with Crippen LogP contribution in [0.1, 0.15) is 25.0 Å². The second kappa shape index (κ2) is 5.36. The van der Waals surface area contributed by atoms with E-state index in [2.05, 4.69) is 4.90 Å². The third-order valence-electron chi connectivity index (χ3n) is 3.43. The molecule has 94 valence electrons. The number of likely N-dealkylation sites (tertiary alicyclic amines) is 1. The van der Waals surface area contributed by atoms with Crippen LogP contribution in [0.25, 0.3) is 0 Å². The Labute approximate surface area is 101 Å². The summed E-state index contributed by atoms with van der Waals surface area (Å²) >= 11 is 0. The average molecular weight is 236 g/mol. The lowest BCUT2D eigenvalue weighted by Crippen LogP contribution is -2.33. The van der Waals surface area contributed by atoms with Crippen LogP contribution in [0.4, 0.5) is 0 Å². The maximum Gasteiger partial charge on any atom is 0.223 e. The number of pyridine rings is 1. The Morgan fingerprint density at radius 3 is 2.65 bits per heavy atom. The molecule has 17 heavy (non-hydrogen) atoms. The average Bonchev–Trinajstić information content (AvgIpc) is 2.33. The van der Waals surface area contributed by atoms with Gasteiger partial charge in [0.25, 0.3) is 0 Å². The summed E-state index contributed by atoms with van der Waals surface area (Å²) in [6, 6.07) is 1.49. The van der Waals surface area contributed by atoms with Crippen molar-refractivity contribution < 1.29 is 5.11 Å². The van der Waals surface area contributed by atoms with Crippen LogP contribution in [0.15, 0.2) is 17.1 Å². The van der Waals surface area contributed by atoms with Gasteiger partial charge in [-0.25, -0.2) is 0 Å². The molecule has 0 spiro atoms. The van der Waals surface area contributed by atoms with Crippen molar-refractivity contribution in [3.63, 3.8) is 0 Å². The van der Waals surface area contributed by atoms with Gasteiger partial charge in [-0.2, -0.15) is 0 Å². The van der Waals surface area contributed by atoms with Crippen molar-refractivity contribution in [2.24, 2.45) is 0 Å². The van der Waals surface area contributed by atoms with E-state index in [1.54, 1.807) is 6.20 Å². The van der Waals surface area contributed by atoms with Crippen LogP contribution < -0.4 is 5.43 Å². The monoisotopic (exact) mass is 236 g/mol. The van der Waals surface area contributed by atoms with Gasteiger partial charge in [-0.05, 0) is 32.9 Å². The number of rotatable bonds is 3. The lowest BCUT2D eigenvalue weighted by atomic mass is 10.1. The second-order valence-electron chi connectivity index (χ2n) is 4.76. The molecule has 1 aromatic heterocycles. The van der Waals surface area contributed by atoms with Gasteiger partial charge in [-0.3, -0.25) is 4.79 Å². The van der Waals surface area contributed by atoms with Crippen LogP contribution in [-0.4, -0.2) is 34.2 Å². The van der Waals surface area contributed by atoms with Crippen LogP contribution in [0.3, 0.4) is 0 Å². The zero-order valence-corrected chi connectivity index (χ0v) is 10.4. The fraction of sp³-hybridized carbons (Fsp3) is 0.615. The smallest absolute Gasteiger partial charge is 0.223 e. The van der Waals surface area contributed by atoms with E-state index in [9.17, 15) is 9.90 Å². The van der Waals surface area contributed by atoms with Gasteiger partial charge in [0.2, 0.25) is 5.43 Å². The summed E-state index contributed by atoms with van der Waals surface area (Å²) in [6.45, 7) is 6.07. The molecule has 0 amide bonds. The molecular formula is C13H20N2O2. The maximum absolute atomic E-state index is 11.2. The molecule has 1 aliphatic rings. The minimum absolute atomic E-state index is 0.158. The molecule has 4 nitrogen and oxygen atoms in total. The van der Waals surface area contributed by atoms with E-state index in [4.69, 9.17) is 0 Å². The van der Waals surface area contributed by atoms with Crippen molar-refractivity contribution >= 4 is 0 Å². The first-order valence-corrected chi connectivity index (χ1v) is 6.29. The van der Waals surface area contributed by atoms with Crippen molar-refractivity contribution in [1.29, 1.82) is 0 Å². The first-order chi connectivity index (χ1) is 8.16. The van der Waals surface area contributed by atoms with E-state index in [-0.39, 0.29) is 11.2 Å². The number of hydrogen-bond acceptors (Lipinski definition) is 3. The van der Waals surface area contributed by atoms with Crippen LogP contribution in [0.5, 0.6) is 5.75 Å². The molecule has 2 heterocycles. The molecule has 2 rings (SSSR count). The Morgan fingerprint density at radius 2 is 1.94 bits per heavy atom. The van der Waals surface area contributed by atoms with Crippen LogP contribution in [-0.2, 0) is 6.54 Å². The van der Waals surface area contributed by atoms with Crippen molar-refractivity contribution in [3.8, 4) is 5.75 Å². The second-order valence-corrected chi connectivity index (χ2v) is 4.76. The van der Waals surface area contributed by atoms with Gasteiger partial charge >= 0.3 is 0 Å². The van der Waals surface area contributed by atoms with Crippen LogP contribution in [0, 0.1) is 6.92 Å². The first kappa shape index (κ1) is 12.2. The molecule has 1 saturated heterocycles. The summed E-state index contributed by atoms with van der Waals surface area (Å²) in [7, 11) is 0. The highest BCUT2D eigenvalue weighted by atomic mass is 16.3. The molecule has 0 saturated carbocycles. The molecule has 0 radical (unpaired) electrons. The topological polar surface area (TPSA) is 45.5 Å². The summed E-state index contributed by atoms with van der Waals surface area (Å²) in [4.78, 5) is 13.7. The van der Waals surface area contributed by atoms with Crippen molar-refractivity contribution in [2.75, 3.05) is 19.6 Å². The van der Waals surface area contributed by atoms with Crippen LogP contribution in [0.2, 0.25) is 0 Å². The quantitative estimate of drug-likeness (QED) is 0.861. The van der Waals surface area contributed by atoms with E-state index >= 15 is 0 Å². The SMILES string of the molecule is Cc1cc(=O)c(O)cn1CCN1CCCCC1. The Hall–Kier alpha value is -1.29. The molecule has 0 atom stereocenters. The van der Waals surface area contributed by atoms with Gasteiger partial charge in [-0.1, -0.05) is 6.42 Å². The fourth-order valence-electron chi connectivity index (χ4n) is 2.33. The number of nitrogens with zero attached hydrogens (tertiary/aromatic N) is 2. The lowest BCUT2D eigenvalue weighted by Gasteiger charge is -2.27. The standard InChI is InChI=1S/C13H20N2O2/c1-11-9-12(16)13(17)10-15(11)8-7-14-5-3-2-4-6-14/h9-10,17H,2-8H2,1H3. The normalized spacial score (nSPS) is 17.2. The molecule has 1 aromatic rings. The first-order valence-electron chi connectivity index (χ1n) is 6.29. The summed E-state index contributed by atoms with van der Waals surface area (Å²) in [5, 5.41) is 9.41. The number of aryl methyl sites for hydroxylation is 1. The Balaban J connectivity index is 1.98. The third kappa shape index (κ3) is 3.09. The maximum atomic E-state index is 11.2. The van der Waals surface area contributed by atoms with E-state index < -0.39 is 0 Å². The van der Waals surface area contributed by atoms with Gasteiger partial charge in [0, 0.05) is 24.8 Å². The largest absolute Gasteiger partial charge is 0.503 e. The van der Waals surface area contributed by atoms with E-state index in [0.29, 0.717) is 0 Å². The third-order valence-corrected chi connectivity index (χ3v) is 3.43. The predicted octanol–water partition coefficient (Wildman–Crippen LogP) is 1.35. The summed E-state index contributed by atoms with van der Waals surface area (Å²) in [6.07, 6.45) is 5.46. The molecule has 0 aromatic carbocycles. The summed E-state index contributed by atoms with van der Waals surface area (Å²) < 4.78 is 1.95. The molecule has 0 aliphatic carbocycles. The molecule has 0 unspecified atom stereocenters. The van der Waals surface area contributed by atoms with Crippen molar-refractivity contribution in [3.05, 3.63) is 28.2 Å². The van der Waals surface area contributed by atoms with Gasteiger partial charge < -0.3 is 14.6 Å². The zero-order valence-electron chi connectivity index (χ0n) is 10.4. The zero-order chi connectivity index (χ0) is 12.3. The van der Waals surface area contributed by atoms with Gasteiger partial charge in [0.15, 0.2) is 5.75 Å². The Morgan fingerprint density at radius 1 is 1.24 bits per heavy atom. The van der Waals surface area contributed by atoms with Crippen LogP contribution >= 0.6 is 0 Å².